The number of ether oxygens (including phenoxy) is 2. The highest BCUT2D eigenvalue weighted by atomic mass is 31.2. The highest BCUT2D eigenvalue weighted by Crippen LogP contribution is 2.58. The first-order valence-corrected chi connectivity index (χ1v) is 7.37. The second kappa shape index (κ2) is 5.11. The first kappa shape index (κ1) is 13.1. The second-order valence-electron chi connectivity index (χ2n) is 4.39. The molecule has 0 bridgehead atoms. The molecule has 0 aromatic heterocycles. The molecule has 1 saturated heterocycles. The molecule has 1 fully saturated rings. The average Bonchev–Trinajstić information content (AvgIpc) is 2.38. The van der Waals surface area contributed by atoms with Crippen molar-refractivity contribution in [2.75, 3.05) is 20.8 Å². The van der Waals surface area contributed by atoms with Crippen LogP contribution in [0.25, 0.3) is 0 Å². The number of fused-ring (bicyclic) bond motifs is 1. The molecule has 0 aromatic carbocycles. The lowest BCUT2D eigenvalue weighted by Crippen LogP contribution is -2.38. The maximum absolute atomic E-state index is 12.2. The van der Waals surface area contributed by atoms with E-state index in [2.05, 4.69) is 6.92 Å². The van der Waals surface area contributed by atoms with Gasteiger partial charge in [0.25, 0.3) is 0 Å². The Balaban J connectivity index is 2.23. The standard InChI is InChI=1S/C11H19O5P/c1-8-7-10(17(12,13-2)14-3)16-11-9(8)5-4-6-15-11/h7-9,11H,4-6H2,1-3H3/t8-,9+,11-/m1/s1. The third kappa shape index (κ3) is 2.43. The van der Waals surface area contributed by atoms with Crippen molar-refractivity contribution >= 4 is 7.60 Å². The van der Waals surface area contributed by atoms with E-state index in [4.69, 9.17) is 18.5 Å². The van der Waals surface area contributed by atoms with E-state index in [9.17, 15) is 4.57 Å². The molecular formula is C11H19O5P. The Labute approximate surface area is 102 Å². The third-order valence-electron chi connectivity index (χ3n) is 3.38. The van der Waals surface area contributed by atoms with Gasteiger partial charge in [-0.15, -0.1) is 0 Å². The van der Waals surface area contributed by atoms with E-state index in [0.717, 1.165) is 12.8 Å². The van der Waals surface area contributed by atoms with Crippen LogP contribution in [0, 0.1) is 11.8 Å². The Morgan fingerprint density at radius 2 is 2.12 bits per heavy atom. The summed E-state index contributed by atoms with van der Waals surface area (Å²) < 4.78 is 33.3. The average molecular weight is 262 g/mol. The zero-order chi connectivity index (χ0) is 12.5. The van der Waals surface area contributed by atoms with E-state index >= 15 is 0 Å². The zero-order valence-corrected chi connectivity index (χ0v) is 11.3. The van der Waals surface area contributed by atoms with Crippen molar-refractivity contribution in [1.29, 1.82) is 0 Å². The minimum Gasteiger partial charge on any atom is -0.456 e. The number of hydrogen-bond acceptors (Lipinski definition) is 5. The van der Waals surface area contributed by atoms with Gasteiger partial charge in [-0.05, 0) is 24.8 Å². The fraction of sp³-hybridized carbons (Fsp3) is 0.818. The molecule has 0 unspecified atom stereocenters. The molecule has 2 aliphatic heterocycles. The molecule has 2 aliphatic rings. The van der Waals surface area contributed by atoms with Gasteiger partial charge in [0.15, 0.2) is 0 Å². The first-order valence-electron chi connectivity index (χ1n) is 5.83. The molecule has 0 radical (unpaired) electrons. The lowest BCUT2D eigenvalue weighted by atomic mass is 9.87. The van der Waals surface area contributed by atoms with Crippen LogP contribution < -0.4 is 0 Å². The molecule has 17 heavy (non-hydrogen) atoms. The summed E-state index contributed by atoms with van der Waals surface area (Å²) in [6, 6.07) is 0. The van der Waals surface area contributed by atoms with Crippen molar-refractivity contribution in [3.63, 3.8) is 0 Å². The lowest BCUT2D eigenvalue weighted by Gasteiger charge is -2.39. The monoisotopic (exact) mass is 262 g/mol. The molecule has 98 valence electrons. The van der Waals surface area contributed by atoms with Gasteiger partial charge in [0, 0.05) is 20.1 Å². The summed E-state index contributed by atoms with van der Waals surface area (Å²) in [5, 5.41) is 0. The van der Waals surface area contributed by atoms with Crippen LogP contribution in [0.3, 0.4) is 0 Å². The SMILES string of the molecule is COP(=O)(OC)C1=C[C@@H](C)[C@@H]2CCCO[C@@H]2O1. The van der Waals surface area contributed by atoms with Crippen molar-refractivity contribution in [2.24, 2.45) is 11.8 Å². The van der Waals surface area contributed by atoms with E-state index in [1.54, 1.807) is 0 Å². The molecule has 5 nitrogen and oxygen atoms in total. The largest absolute Gasteiger partial charge is 0.456 e. The van der Waals surface area contributed by atoms with Crippen molar-refractivity contribution in [3.8, 4) is 0 Å². The molecule has 2 rings (SSSR count). The van der Waals surface area contributed by atoms with Crippen LogP contribution in [0.1, 0.15) is 19.8 Å². The molecule has 6 heteroatoms. The maximum Gasteiger partial charge on any atom is 0.394 e. The van der Waals surface area contributed by atoms with Gasteiger partial charge in [0.1, 0.15) is 0 Å². The van der Waals surface area contributed by atoms with E-state index in [0.29, 0.717) is 12.5 Å². The quantitative estimate of drug-likeness (QED) is 0.732. The molecule has 2 heterocycles. The molecule has 0 aliphatic carbocycles. The zero-order valence-electron chi connectivity index (χ0n) is 10.4. The topological polar surface area (TPSA) is 54.0 Å². The van der Waals surface area contributed by atoms with Crippen LogP contribution in [0.15, 0.2) is 11.6 Å². The molecule has 0 aromatic rings. The minimum atomic E-state index is -3.30. The fourth-order valence-electron chi connectivity index (χ4n) is 2.33. The normalized spacial score (nSPS) is 33.6. The summed E-state index contributed by atoms with van der Waals surface area (Å²) in [7, 11) is -0.590. The minimum absolute atomic E-state index is 0.252. The van der Waals surface area contributed by atoms with Gasteiger partial charge in [0.05, 0.1) is 6.61 Å². The van der Waals surface area contributed by atoms with Gasteiger partial charge in [-0.3, -0.25) is 4.57 Å². The van der Waals surface area contributed by atoms with Gasteiger partial charge in [-0.1, -0.05) is 6.92 Å². The predicted octanol–water partition coefficient (Wildman–Crippen LogP) is 2.73. The Hall–Kier alpha value is -0.350. The van der Waals surface area contributed by atoms with Crippen LogP contribution in [-0.2, 0) is 23.1 Å². The van der Waals surface area contributed by atoms with E-state index in [-0.39, 0.29) is 17.7 Å². The molecule has 0 amide bonds. The van der Waals surface area contributed by atoms with Gasteiger partial charge >= 0.3 is 7.60 Å². The summed E-state index contributed by atoms with van der Waals surface area (Å²) in [6.45, 7) is 2.76. The Kier molecular flexibility index (Phi) is 3.93. The smallest absolute Gasteiger partial charge is 0.394 e. The number of rotatable bonds is 3. The Morgan fingerprint density at radius 1 is 1.41 bits per heavy atom. The maximum atomic E-state index is 12.2. The Morgan fingerprint density at radius 3 is 2.76 bits per heavy atom. The van der Waals surface area contributed by atoms with Crippen LogP contribution >= 0.6 is 7.60 Å². The summed E-state index contributed by atoms with van der Waals surface area (Å²) in [4.78, 5) is 0. The summed E-state index contributed by atoms with van der Waals surface area (Å²) in [5.41, 5.74) is 0.276. The number of allylic oxidation sites excluding steroid dienone is 1. The van der Waals surface area contributed by atoms with Gasteiger partial charge < -0.3 is 18.5 Å². The summed E-state index contributed by atoms with van der Waals surface area (Å²) in [6.07, 6.45) is 3.63. The van der Waals surface area contributed by atoms with E-state index in [1.165, 1.54) is 14.2 Å². The van der Waals surface area contributed by atoms with Crippen molar-refractivity contribution in [2.45, 2.75) is 26.1 Å². The van der Waals surface area contributed by atoms with Crippen LogP contribution in [0.2, 0.25) is 0 Å². The van der Waals surface area contributed by atoms with E-state index in [1.807, 2.05) is 6.08 Å². The third-order valence-corrected chi connectivity index (χ3v) is 5.14. The van der Waals surface area contributed by atoms with Gasteiger partial charge in [-0.25, -0.2) is 0 Å². The first-order chi connectivity index (χ1) is 8.10. The second-order valence-corrected chi connectivity index (χ2v) is 6.56. The van der Waals surface area contributed by atoms with Crippen molar-refractivity contribution in [3.05, 3.63) is 11.6 Å². The van der Waals surface area contributed by atoms with Crippen LogP contribution in [-0.4, -0.2) is 27.1 Å². The molecule has 0 spiro atoms. The van der Waals surface area contributed by atoms with Gasteiger partial charge in [-0.2, -0.15) is 0 Å². The Bertz CT molecular complexity index is 346. The van der Waals surface area contributed by atoms with Crippen molar-refractivity contribution < 1.29 is 23.1 Å². The number of hydrogen-bond donors (Lipinski definition) is 0. The molecule has 3 atom stereocenters. The van der Waals surface area contributed by atoms with Crippen LogP contribution in [0.5, 0.6) is 0 Å². The highest BCUT2D eigenvalue weighted by Gasteiger charge is 2.41. The fourth-order valence-corrected chi connectivity index (χ4v) is 3.49. The summed E-state index contributed by atoms with van der Waals surface area (Å²) in [5.74, 6) is 0.581. The lowest BCUT2D eigenvalue weighted by molar-refractivity contribution is -0.183. The molecular weight excluding hydrogens is 243 g/mol. The molecule has 0 saturated carbocycles. The van der Waals surface area contributed by atoms with Crippen LogP contribution in [0.4, 0.5) is 0 Å². The van der Waals surface area contributed by atoms with Gasteiger partial charge in [0.2, 0.25) is 11.8 Å². The summed E-state index contributed by atoms with van der Waals surface area (Å²) >= 11 is 0. The molecule has 0 N–H and O–H groups in total. The van der Waals surface area contributed by atoms with Crippen molar-refractivity contribution in [1.82, 2.24) is 0 Å². The predicted molar refractivity (Wildman–Crippen MR) is 62.4 cm³/mol. The van der Waals surface area contributed by atoms with E-state index < -0.39 is 7.60 Å². The highest BCUT2D eigenvalue weighted by molar-refractivity contribution is 7.58.